The highest BCUT2D eigenvalue weighted by molar-refractivity contribution is 5.33. The van der Waals surface area contributed by atoms with Gasteiger partial charge in [0.1, 0.15) is 5.75 Å². The van der Waals surface area contributed by atoms with Gasteiger partial charge >= 0.3 is 0 Å². The van der Waals surface area contributed by atoms with E-state index in [1.54, 1.807) is 0 Å². The molecule has 1 atom stereocenters. The van der Waals surface area contributed by atoms with Crippen molar-refractivity contribution in [2.75, 3.05) is 39.3 Å². The summed E-state index contributed by atoms with van der Waals surface area (Å²) < 4.78 is 6.11. The zero-order valence-electron chi connectivity index (χ0n) is 15.0. The molecule has 0 aliphatic carbocycles. The first kappa shape index (κ1) is 17.7. The van der Waals surface area contributed by atoms with E-state index in [4.69, 9.17) is 10.5 Å². The van der Waals surface area contributed by atoms with Crippen LogP contribution in [-0.4, -0.2) is 55.2 Å². The smallest absolute Gasteiger partial charge is 0.123 e. The molecule has 0 unspecified atom stereocenters. The summed E-state index contributed by atoms with van der Waals surface area (Å²) in [5.74, 6) is 1.05. The van der Waals surface area contributed by atoms with E-state index in [1.807, 2.05) is 0 Å². The molecule has 0 bridgehead atoms. The number of nitrogens with two attached hydrogens (primary N) is 1. The van der Waals surface area contributed by atoms with Crippen LogP contribution in [0.1, 0.15) is 44.1 Å². The number of rotatable bonds is 7. The number of piperidine rings is 2. The highest BCUT2D eigenvalue weighted by Crippen LogP contribution is 2.22. The molecule has 1 aromatic carbocycles. The highest BCUT2D eigenvalue weighted by atomic mass is 16.5. The number of para-hydroxylation sites is 1. The molecule has 0 aromatic heterocycles. The molecule has 2 N–H and O–H groups in total. The summed E-state index contributed by atoms with van der Waals surface area (Å²) in [7, 11) is 0. The van der Waals surface area contributed by atoms with Crippen molar-refractivity contribution in [2.45, 2.75) is 51.1 Å². The van der Waals surface area contributed by atoms with Crippen molar-refractivity contribution in [3.8, 4) is 5.75 Å². The lowest BCUT2D eigenvalue weighted by Crippen LogP contribution is -2.42. The molecule has 0 saturated carbocycles. The van der Waals surface area contributed by atoms with E-state index in [9.17, 15) is 0 Å². The topological polar surface area (TPSA) is 41.7 Å². The van der Waals surface area contributed by atoms with E-state index in [0.29, 0.717) is 6.04 Å². The maximum atomic E-state index is 6.11. The Hall–Kier alpha value is -1.10. The second kappa shape index (κ2) is 9.40. The molecule has 134 valence electrons. The van der Waals surface area contributed by atoms with Crippen molar-refractivity contribution >= 4 is 0 Å². The van der Waals surface area contributed by atoms with Crippen molar-refractivity contribution in [1.82, 2.24) is 9.80 Å². The minimum Gasteiger partial charge on any atom is -0.493 e. The van der Waals surface area contributed by atoms with Gasteiger partial charge in [0.15, 0.2) is 0 Å². The third-order valence-electron chi connectivity index (χ3n) is 5.23. The van der Waals surface area contributed by atoms with E-state index in [0.717, 1.165) is 44.8 Å². The molecule has 2 aliphatic rings. The molecule has 4 heteroatoms. The largest absolute Gasteiger partial charge is 0.493 e. The van der Waals surface area contributed by atoms with E-state index in [-0.39, 0.29) is 0 Å². The molecular weight excluding hydrogens is 298 g/mol. The predicted octanol–water partition coefficient (Wildman–Crippen LogP) is 2.86. The third kappa shape index (κ3) is 5.47. The monoisotopic (exact) mass is 331 g/mol. The summed E-state index contributed by atoms with van der Waals surface area (Å²) in [6.07, 6.45) is 7.61. The fourth-order valence-corrected chi connectivity index (χ4v) is 3.90. The fourth-order valence-electron chi connectivity index (χ4n) is 3.90. The average molecular weight is 332 g/mol. The number of hydrogen-bond acceptors (Lipinski definition) is 4. The molecule has 2 saturated heterocycles. The van der Waals surface area contributed by atoms with Gasteiger partial charge < -0.3 is 15.4 Å². The zero-order chi connectivity index (χ0) is 16.6. The Balaban J connectivity index is 1.45. The quantitative estimate of drug-likeness (QED) is 0.780. The van der Waals surface area contributed by atoms with Crippen LogP contribution >= 0.6 is 0 Å². The molecular formula is C20H33N3O. The molecule has 3 rings (SSSR count). The van der Waals surface area contributed by atoms with Crippen LogP contribution in [0.5, 0.6) is 5.75 Å². The zero-order valence-corrected chi connectivity index (χ0v) is 15.0. The Morgan fingerprint density at radius 2 is 1.79 bits per heavy atom. The van der Waals surface area contributed by atoms with Crippen molar-refractivity contribution in [3.63, 3.8) is 0 Å². The normalized spacial score (nSPS) is 23.3. The van der Waals surface area contributed by atoms with Crippen LogP contribution in [0.2, 0.25) is 0 Å². The molecule has 2 fully saturated rings. The van der Waals surface area contributed by atoms with E-state index >= 15 is 0 Å². The second-order valence-electron chi connectivity index (χ2n) is 7.35. The summed E-state index contributed by atoms with van der Waals surface area (Å²) >= 11 is 0. The standard InChI is InChI=1S/C20H33N3O/c21-19-9-6-13-23(17-19)16-18-8-2-3-10-20(18)24-15-7-14-22-11-4-1-5-12-22/h2-3,8,10,19H,1,4-7,9,11-17,21H2/t19-/m1/s1. The summed E-state index contributed by atoms with van der Waals surface area (Å²) in [5, 5.41) is 0. The summed E-state index contributed by atoms with van der Waals surface area (Å²) in [6, 6.07) is 8.82. The first-order valence-electron chi connectivity index (χ1n) is 9.72. The Morgan fingerprint density at radius 1 is 1.00 bits per heavy atom. The van der Waals surface area contributed by atoms with Crippen LogP contribution in [0.25, 0.3) is 0 Å². The number of ether oxygens (including phenoxy) is 1. The van der Waals surface area contributed by atoms with Crippen molar-refractivity contribution in [2.24, 2.45) is 5.73 Å². The Morgan fingerprint density at radius 3 is 2.62 bits per heavy atom. The van der Waals surface area contributed by atoms with Gasteiger partial charge in [-0.3, -0.25) is 4.90 Å². The maximum Gasteiger partial charge on any atom is 0.123 e. The van der Waals surface area contributed by atoms with Gasteiger partial charge in [-0.1, -0.05) is 24.6 Å². The first-order valence-corrected chi connectivity index (χ1v) is 9.72. The predicted molar refractivity (Wildman–Crippen MR) is 99.3 cm³/mol. The SMILES string of the molecule is N[C@@H]1CCCN(Cc2ccccc2OCCCN2CCCCC2)C1. The van der Waals surface area contributed by atoms with Gasteiger partial charge in [-0.2, -0.15) is 0 Å². The summed E-state index contributed by atoms with van der Waals surface area (Å²) in [5.41, 5.74) is 7.40. The molecule has 0 amide bonds. The van der Waals surface area contributed by atoms with Gasteiger partial charge in [-0.25, -0.2) is 0 Å². The second-order valence-corrected chi connectivity index (χ2v) is 7.35. The molecule has 4 nitrogen and oxygen atoms in total. The lowest BCUT2D eigenvalue weighted by atomic mass is 10.1. The maximum absolute atomic E-state index is 6.11. The van der Waals surface area contributed by atoms with Crippen molar-refractivity contribution in [1.29, 1.82) is 0 Å². The van der Waals surface area contributed by atoms with Gasteiger partial charge in [0.05, 0.1) is 6.61 Å². The number of benzene rings is 1. The molecule has 24 heavy (non-hydrogen) atoms. The molecule has 2 heterocycles. The molecule has 0 radical (unpaired) electrons. The van der Waals surface area contributed by atoms with Crippen LogP contribution in [-0.2, 0) is 6.54 Å². The summed E-state index contributed by atoms with van der Waals surface area (Å²) in [6.45, 7) is 7.63. The van der Waals surface area contributed by atoms with E-state index in [2.05, 4.69) is 34.1 Å². The average Bonchev–Trinajstić information content (AvgIpc) is 2.61. The van der Waals surface area contributed by atoms with E-state index < -0.39 is 0 Å². The lowest BCUT2D eigenvalue weighted by molar-refractivity contribution is 0.192. The Bertz CT molecular complexity index is 488. The fraction of sp³-hybridized carbons (Fsp3) is 0.700. The van der Waals surface area contributed by atoms with Crippen molar-refractivity contribution < 1.29 is 4.74 Å². The summed E-state index contributed by atoms with van der Waals surface area (Å²) in [4.78, 5) is 5.04. The minimum atomic E-state index is 0.330. The number of hydrogen-bond donors (Lipinski definition) is 1. The van der Waals surface area contributed by atoms with Crippen LogP contribution in [0.3, 0.4) is 0 Å². The van der Waals surface area contributed by atoms with Crippen LogP contribution in [0, 0.1) is 0 Å². The lowest BCUT2D eigenvalue weighted by Gasteiger charge is -2.31. The Kier molecular flexibility index (Phi) is 6.94. The van der Waals surface area contributed by atoms with Gasteiger partial charge in [-0.15, -0.1) is 0 Å². The van der Waals surface area contributed by atoms with E-state index in [1.165, 1.54) is 50.9 Å². The van der Waals surface area contributed by atoms with Gasteiger partial charge in [0.25, 0.3) is 0 Å². The van der Waals surface area contributed by atoms with Gasteiger partial charge in [0.2, 0.25) is 0 Å². The van der Waals surface area contributed by atoms with Crippen molar-refractivity contribution in [3.05, 3.63) is 29.8 Å². The number of nitrogens with zero attached hydrogens (tertiary/aromatic N) is 2. The molecule has 1 aromatic rings. The molecule has 2 aliphatic heterocycles. The minimum absolute atomic E-state index is 0.330. The first-order chi connectivity index (χ1) is 11.8. The third-order valence-corrected chi connectivity index (χ3v) is 5.23. The van der Waals surface area contributed by atoms with Crippen LogP contribution in [0.4, 0.5) is 0 Å². The highest BCUT2D eigenvalue weighted by Gasteiger charge is 2.18. The van der Waals surface area contributed by atoms with Crippen LogP contribution in [0.15, 0.2) is 24.3 Å². The Labute approximate surface area is 147 Å². The van der Waals surface area contributed by atoms with Gasteiger partial charge in [0, 0.05) is 31.2 Å². The van der Waals surface area contributed by atoms with Gasteiger partial charge in [-0.05, 0) is 57.8 Å². The number of likely N-dealkylation sites (tertiary alicyclic amines) is 2. The molecule has 0 spiro atoms. The van der Waals surface area contributed by atoms with Crippen LogP contribution < -0.4 is 10.5 Å².